The average molecular weight is 506 g/mol. The van der Waals surface area contributed by atoms with Crippen LogP contribution in [-0.2, 0) is 9.59 Å². The first-order valence-corrected chi connectivity index (χ1v) is 12.8. The van der Waals surface area contributed by atoms with Crippen LogP contribution in [0.1, 0.15) is 87.9 Å². The van der Waals surface area contributed by atoms with Crippen molar-refractivity contribution in [3.05, 3.63) is 35.4 Å². The van der Waals surface area contributed by atoms with E-state index in [0.29, 0.717) is 30.6 Å². The number of carboxylic acids is 1. The SMILES string of the molecule is CCCN(CCC)C(=O)c1cccc(C(=O)N[C@@H](CC(C)C)[C@@H](O)CC(C)C(=O)N[C@@H](C)C(=O)O)c1. The first-order valence-electron chi connectivity index (χ1n) is 12.8. The van der Waals surface area contributed by atoms with Crippen LogP contribution >= 0.6 is 0 Å². The number of rotatable bonds is 15. The standard InChI is InChI=1S/C27H43N3O6/c1-7-12-30(13-8-2)26(34)21-11-9-10-20(16-21)25(33)29-22(14-17(3)4)23(31)15-18(5)24(32)28-19(6)27(35)36/h9-11,16-19,22-23,31H,7-8,12-15H2,1-6H3,(H,28,32)(H,29,33)(H,35,36)/t18?,19-,22-,23-/m0/s1. The number of aliphatic hydroxyl groups excluding tert-OH is 1. The Hall–Kier alpha value is -2.94. The van der Waals surface area contributed by atoms with E-state index >= 15 is 0 Å². The summed E-state index contributed by atoms with van der Waals surface area (Å²) in [5.74, 6) is -2.66. The molecule has 9 nitrogen and oxygen atoms in total. The lowest BCUT2D eigenvalue weighted by Gasteiger charge is -2.28. The Bertz CT molecular complexity index is 882. The van der Waals surface area contributed by atoms with Crippen LogP contribution in [0.3, 0.4) is 0 Å². The molecular formula is C27H43N3O6. The smallest absolute Gasteiger partial charge is 0.325 e. The van der Waals surface area contributed by atoms with Crippen LogP contribution in [0.2, 0.25) is 0 Å². The summed E-state index contributed by atoms with van der Waals surface area (Å²) in [6.07, 6.45) is 1.19. The molecule has 0 aliphatic rings. The number of hydrogen-bond acceptors (Lipinski definition) is 5. The van der Waals surface area contributed by atoms with Crippen molar-refractivity contribution >= 4 is 23.7 Å². The molecule has 0 aliphatic carbocycles. The predicted molar refractivity (Wildman–Crippen MR) is 139 cm³/mol. The number of carboxylic acid groups (broad SMARTS) is 1. The summed E-state index contributed by atoms with van der Waals surface area (Å²) in [5.41, 5.74) is 0.749. The lowest BCUT2D eigenvalue weighted by Crippen LogP contribution is -2.47. The summed E-state index contributed by atoms with van der Waals surface area (Å²) in [6.45, 7) is 12.2. The van der Waals surface area contributed by atoms with Gasteiger partial charge in [-0.25, -0.2) is 0 Å². The fourth-order valence-electron chi connectivity index (χ4n) is 3.95. The Balaban J connectivity index is 2.97. The number of benzene rings is 1. The molecule has 0 radical (unpaired) electrons. The maximum absolute atomic E-state index is 13.1. The first kappa shape index (κ1) is 31.1. The van der Waals surface area contributed by atoms with Crippen LogP contribution in [0, 0.1) is 11.8 Å². The Morgan fingerprint density at radius 1 is 0.917 bits per heavy atom. The summed E-state index contributed by atoms with van der Waals surface area (Å²) in [5, 5.41) is 25.1. The van der Waals surface area contributed by atoms with E-state index in [1.54, 1.807) is 36.1 Å². The van der Waals surface area contributed by atoms with Crippen molar-refractivity contribution in [1.82, 2.24) is 15.5 Å². The number of nitrogens with one attached hydrogen (secondary N) is 2. The largest absolute Gasteiger partial charge is 0.480 e. The molecule has 0 aliphatic heterocycles. The Morgan fingerprint density at radius 2 is 1.50 bits per heavy atom. The Labute approximate surface area is 214 Å². The molecule has 9 heteroatoms. The fourth-order valence-corrected chi connectivity index (χ4v) is 3.95. The molecule has 0 spiro atoms. The van der Waals surface area contributed by atoms with Gasteiger partial charge in [0, 0.05) is 30.1 Å². The maximum Gasteiger partial charge on any atom is 0.325 e. The van der Waals surface area contributed by atoms with Gasteiger partial charge in [-0.15, -0.1) is 0 Å². The molecule has 0 heterocycles. The Morgan fingerprint density at radius 3 is 2.03 bits per heavy atom. The zero-order chi connectivity index (χ0) is 27.4. The number of aliphatic carboxylic acids is 1. The highest BCUT2D eigenvalue weighted by Gasteiger charge is 2.28. The van der Waals surface area contributed by atoms with Gasteiger partial charge in [-0.2, -0.15) is 0 Å². The van der Waals surface area contributed by atoms with Crippen molar-refractivity contribution in [2.24, 2.45) is 11.8 Å². The van der Waals surface area contributed by atoms with Gasteiger partial charge in [0.2, 0.25) is 5.91 Å². The molecule has 1 aromatic rings. The molecule has 3 amide bonds. The number of carbonyl (C=O) groups excluding carboxylic acids is 3. The molecule has 4 atom stereocenters. The van der Waals surface area contributed by atoms with Crippen molar-refractivity contribution in [3.8, 4) is 0 Å². The van der Waals surface area contributed by atoms with Gasteiger partial charge in [0.1, 0.15) is 6.04 Å². The average Bonchev–Trinajstić information content (AvgIpc) is 2.82. The molecule has 0 aromatic heterocycles. The van der Waals surface area contributed by atoms with Crippen LogP contribution < -0.4 is 10.6 Å². The van der Waals surface area contributed by atoms with E-state index in [9.17, 15) is 24.3 Å². The number of amides is 3. The monoisotopic (exact) mass is 505 g/mol. The van der Waals surface area contributed by atoms with E-state index in [0.717, 1.165) is 12.8 Å². The molecule has 202 valence electrons. The predicted octanol–water partition coefficient (Wildman–Crippen LogP) is 3.07. The van der Waals surface area contributed by atoms with E-state index in [4.69, 9.17) is 5.11 Å². The third-order valence-corrected chi connectivity index (χ3v) is 5.92. The summed E-state index contributed by atoms with van der Waals surface area (Å²) in [7, 11) is 0. The van der Waals surface area contributed by atoms with Gasteiger partial charge < -0.3 is 25.7 Å². The molecular weight excluding hydrogens is 462 g/mol. The highest BCUT2D eigenvalue weighted by Crippen LogP contribution is 2.17. The van der Waals surface area contributed by atoms with Crippen LogP contribution in [0.15, 0.2) is 24.3 Å². The van der Waals surface area contributed by atoms with Crippen molar-refractivity contribution in [2.45, 2.75) is 85.4 Å². The van der Waals surface area contributed by atoms with Gasteiger partial charge in [-0.3, -0.25) is 19.2 Å². The fraction of sp³-hybridized carbons (Fsp3) is 0.630. The third kappa shape index (κ3) is 9.97. The number of nitrogens with zero attached hydrogens (tertiary/aromatic N) is 1. The lowest BCUT2D eigenvalue weighted by atomic mass is 9.92. The minimum absolute atomic E-state index is 0.0529. The molecule has 1 aromatic carbocycles. The third-order valence-electron chi connectivity index (χ3n) is 5.92. The van der Waals surface area contributed by atoms with Gasteiger partial charge in [0.15, 0.2) is 0 Å². The van der Waals surface area contributed by atoms with Gasteiger partial charge in [-0.1, -0.05) is 40.7 Å². The van der Waals surface area contributed by atoms with E-state index in [1.165, 1.54) is 6.92 Å². The molecule has 0 saturated heterocycles. The van der Waals surface area contributed by atoms with Gasteiger partial charge in [-0.05, 0) is 56.7 Å². The summed E-state index contributed by atoms with van der Waals surface area (Å²) in [4.78, 5) is 51.1. The van der Waals surface area contributed by atoms with Crippen LogP contribution in [0.4, 0.5) is 0 Å². The molecule has 1 rings (SSSR count). The quantitative estimate of drug-likeness (QED) is 0.289. The van der Waals surface area contributed by atoms with Crippen molar-refractivity contribution < 1.29 is 29.4 Å². The minimum atomic E-state index is -1.14. The lowest BCUT2D eigenvalue weighted by molar-refractivity contribution is -0.142. The first-order chi connectivity index (χ1) is 16.9. The zero-order valence-corrected chi connectivity index (χ0v) is 22.4. The van der Waals surface area contributed by atoms with E-state index < -0.39 is 41.9 Å². The number of aliphatic hydroxyl groups is 1. The highest BCUT2D eigenvalue weighted by molar-refractivity contribution is 5.99. The zero-order valence-electron chi connectivity index (χ0n) is 22.4. The summed E-state index contributed by atoms with van der Waals surface area (Å²) < 4.78 is 0. The van der Waals surface area contributed by atoms with E-state index in [1.807, 2.05) is 27.7 Å². The summed E-state index contributed by atoms with van der Waals surface area (Å²) in [6, 6.07) is 4.89. The normalized spacial score (nSPS) is 14.4. The van der Waals surface area contributed by atoms with Gasteiger partial charge in [0.25, 0.3) is 11.8 Å². The van der Waals surface area contributed by atoms with Crippen molar-refractivity contribution in [1.29, 1.82) is 0 Å². The summed E-state index contributed by atoms with van der Waals surface area (Å²) >= 11 is 0. The van der Waals surface area contributed by atoms with E-state index in [-0.39, 0.29) is 18.2 Å². The number of carbonyl (C=O) groups is 4. The van der Waals surface area contributed by atoms with E-state index in [2.05, 4.69) is 10.6 Å². The second-order valence-electron chi connectivity index (χ2n) is 9.86. The molecule has 1 unspecified atom stereocenters. The Kier molecular flexibility index (Phi) is 13.2. The molecule has 0 saturated carbocycles. The second kappa shape index (κ2) is 15.2. The molecule has 0 bridgehead atoms. The number of hydrogen-bond donors (Lipinski definition) is 4. The van der Waals surface area contributed by atoms with Crippen LogP contribution in [0.25, 0.3) is 0 Å². The van der Waals surface area contributed by atoms with Gasteiger partial charge >= 0.3 is 5.97 Å². The van der Waals surface area contributed by atoms with Crippen molar-refractivity contribution in [2.75, 3.05) is 13.1 Å². The topological polar surface area (TPSA) is 136 Å². The second-order valence-corrected chi connectivity index (χ2v) is 9.86. The molecule has 4 N–H and O–H groups in total. The maximum atomic E-state index is 13.1. The molecule has 36 heavy (non-hydrogen) atoms. The van der Waals surface area contributed by atoms with Crippen molar-refractivity contribution in [3.63, 3.8) is 0 Å². The van der Waals surface area contributed by atoms with Crippen LogP contribution in [-0.4, -0.2) is 70.1 Å². The van der Waals surface area contributed by atoms with Gasteiger partial charge in [0.05, 0.1) is 12.1 Å². The minimum Gasteiger partial charge on any atom is -0.480 e. The molecule has 0 fully saturated rings. The highest BCUT2D eigenvalue weighted by atomic mass is 16.4. The van der Waals surface area contributed by atoms with Crippen LogP contribution in [0.5, 0.6) is 0 Å².